The molecule has 1 aliphatic carbocycles. The van der Waals surface area contributed by atoms with Gasteiger partial charge in [-0.2, -0.15) is 0 Å². The summed E-state index contributed by atoms with van der Waals surface area (Å²) in [6.45, 7) is 2.04. The Kier molecular flexibility index (Phi) is 4.22. The van der Waals surface area contributed by atoms with Crippen molar-refractivity contribution in [2.75, 3.05) is 6.61 Å². The van der Waals surface area contributed by atoms with Gasteiger partial charge < -0.3 is 9.84 Å². The Hall–Kier alpha value is -2.11. The van der Waals surface area contributed by atoms with Gasteiger partial charge in [0, 0.05) is 6.07 Å². The molecule has 1 aliphatic rings. The van der Waals surface area contributed by atoms with E-state index in [0.29, 0.717) is 18.1 Å². The quantitative estimate of drug-likeness (QED) is 0.638. The van der Waals surface area contributed by atoms with Gasteiger partial charge in [0.25, 0.3) is 5.69 Å². The molecule has 1 N–H and O–H groups in total. The van der Waals surface area contributed by atoms with Crippen molar-refractivity contribution in [3.05, 3.63) is 33.4 Å². The molecule has 0 aliphatic heterocycles. The van der Waals surface area contributed by atoms with Crippen molar-refractivity contribution in [2.45, 2.75) is 32.6 Å². The van der Waals surface area contributed by atoms with Crippen molar-refractivity contribution in [1.82, 2.24) is 0 Å². The number of carbonyl (C=O) groups is 1. The Morgan fingerprint density at radius 1 is 1.50 bits per heavy atom. The fraction of sp³-hybridized carbons (Fsp3) is 0.500. The highest BCUT2D eigenvalue weighted by Gasteiger charge is 2.21. The summed E-state index contributed by atoms with van der Waals surface area (Å²) >= 11 is 0. The van der Waals surface area contributed by atoms with Crippen LogP contribution in [0.3, 0.4) is 0 Å². The van der Waals surface area contributed by atoms with Gasteiger partial charge >= 0.3 is 5.97 Å². The van der Waals surface area contributed by atoms with Gasteiger partial charge in [-0.05, 0) is 25.3 Å². The number of benzene rings is 1. The van der Waals surface area contributed by atoms with E-state index in [1.165, 1.54) is 25.3 Å². The van der Waals surface area contributed by atoms with Crippen molar-refractivity contribution in [3.63, 3.8) is 0 Å². The second-order valence-electron chi connectivity index (χ2n) is 5.11. The lowest BCUT2D eigenvalue weighted by molar-refractivity contribution is -0.385. The van der Waals surface area contributed by atoms with Gasteiger partial charge in [-0.25, -0.2) is 4.79 Å². The Morgan fingerprint density at radius 2 is 2.20 bits per heavy atom. The van der Waals surface area contributed by atoms with E-state index < -0.39 is 10.9 Å². The SMILES string of the molecule is Cc1c(OCCC2CCC2)cc(C(=O)O)cc1[N+](=O)[O-]. The lowest BCUT2D eigenvalue weighted by Gasteiger charge is -2.25. The topological polar surface area (TPSA) is 89.7 Å². The van der Waals surface area contributed by atoms with Gasteiger partial charge in [0.15, 0.2) is 0 Å². The van der Waals surface area contributed by atoms with E-state index in [4.69, 9.17) is 9.84 Å². The number of hydrogen-bond acceptors (Lipinski definition) is 4. The third kappa shape index (κ3) is 3.07. The summed E-state index contributed by atoms with van der Waals surface area (Å²) < 4.78 is 5.56. The molecule has 0 saturated heterocycles. The molecule has 6 heteroatoms. The highest BCUT2D eigenvalue weighted by molar-refractivity contribution is 5.89. The van der Waals surface area contributed by atoms with Crippen molar-refractivity contribution in [1.29, 1.82) is 0 Å². The molecule has 0 amide bonds. The highest BCUT2D eigenvalue weighted by atomic mass is 16.6. The molecule has 0 spiro atoms. The largest absolute Gasteiger partial charge is 0.493 e. The summed E-state index contributed by atoms with van der Waals surface area (Å²) in [5, 5.41) is 19.9. The average Bonchev–Trinajstić information content (AvgIpc) is 2.33. The average molecular weight is 279 g/mol. The number of nitro groups is 1. The zero-order valence-electron chi connectivity index (χ0n) is 11.3. The molecule has 0 heterocycles. The summed E-state index contributed by atoms with van der Waals surface area (Å²) in [5.41, 5.74) is 0.0260. The zero-order valence-corrected chi connectivity index (χ0v) is 11.3. The first kappa shape index (κ1) is 14.3. The fourth-order valence-corrected chi connectivity index (χ4v) is 2.25. The van der Waals surface area contributed by atoms with Crippen LogP contribution in [-0.2, 0) is 0 Å². The van der Waals surface area contributed by atoms with Crippen molar-refractivity contribution in [2.24, 2.45) is 5.92 Å². The summed E-state index contributed by atoms with van der Waals surface area (Å²) in [7, 11) is 0. The minimum atomic E-state index is -1.20. The number of nitrogens with zero attached hydrogens (tertiary/aromatic N) is 1. The maximum atomic E-state index is 11.0. The van der Waals surface area contributed by atoms with E-state index in [2.05, 4.69) is 0 Å². The van der Waals surface area contributed by atoms with Crippen molar-refractivity contribution < 1.29 is 19.6 Å². The van der Waals surface area contributed by atoms with Crippen LogP contribution in [0.15, 0.2) is 12.1 Å². The number of nitro benzene ring substituents is 1. The van der Waals surface area contributed by atoms with E-state index in [1.807, 2.05) is 0 Å². The Bertz CT molecular complexity index is 537. The Morgan fingerprint density at radius 3 is 2.70 bits per heavy atom. The Balaban J connectivity index is 2.16. The number of hydrogen-bond donors (Lipinski definition) is 1. The molecule has 0 radical (unpaired) electrons. The molecule has 0 aromatic heterocycles. The third-order valence-corrected chi connectivity index (χ3v) is 3.78. The molecule has 1 fully saturated rings. The molecule has 0 unspecified atom stereocenters. The first-order chi connectivity index (χ1) is 9.49. The predicted octanol–water partition coefficient (Wildman–Crippen LogP) is 3.17. The second-order valence-corrected chi connectivity index (χ2v) is 5.11. The molecule has 2 rings (SSSR count). The van der Waals surface area contributed by atoms with E-state index in [1.54, 1.807) is 6.92 Å². The van der Waals surface area contributed by atoms with Gasteiger partial charge in [0.05, 0.1) is 22.7 Å². The highest BCUT2D eigenvalue weighted by Crippen LogP contribution is 2.32. The van der Waals surface area contributed by atoms with Crippen LogP contribution < -0.4 is 4.74 Å². The van der Waals surface area contributed by atoms with E-state index in [9.17, 15) is 14.9 Å². The van der Waals surface area contributed by atoms with Crippen molar-refractivity contribution >= 4 is 11.7 Å². The van der Waals surface area contributed by atoms with Gasteiger partial charge in [0.1, 0.15) is 5.75 Å². The van der Waals surface area contributed by atoms with Gasteiger partial charge in [-0.1, -0.05) is 19.3 Å². The Labute approximate surface area is 116 Å². The van der Waals surface area contributed by atoms with E-state index in [0.717, 1.165) is 12.5 Å². The van der Waals surface area contributed by atoms with E-state index >= 15 is 0 Å². The summed E-state index contributed by atoms with van der Waals surface area (Å²) in [5.74, 6) is -0.235. The van der Waals surface area contributed by atoms with Crippen LogP contribution in [-0.4, -0.2) is 22.6 Å². The molecule has 20 heavy (non-hydrogen) atoms. The number of aromatic carboxylic acids is 1. The van der Waals surface area contributed by atoms with Gasteiger partial charge in [-0.3, -0.25) is 10.1 Å². The summed E-state index contributed by atoms with van der Waals surface area (Å²) in [6.07, 6.45) is 4.57. The van der Waals surface area contributed by atoms with E-state index in [-0.39, 0.29) is 17.0 Å². The smallest absolute Gasteiger partial charge is 0.336 e. The lowest BCUT2D eigenvalue weighted by atomic mass is 9.83. The number of carboxylic acids is 1. The summed E-state index contributed by atoms with van der Waals surface area (Å²) in [6, 6.07) is 2.42. The summed E-state index contributed by atoms with van der Waals surface area (Å²) in [4.78, 5) is 21.4. The van der Waals surface area contributed by atoms with Crippen LogP contribution in [0, 0.1) is 23.0 Å². The first-order valence-corrected chi connectivity index (χ1v) is 6.64. The first-order valence-electron chi connectivity index (χ1n) is 6.64. The van der Waals surface area contributed by atoms with Crippen molar-refractivity contribution in [3.8, 4) is 5.75 Å². The molecule has 108 valence electrons. The molecule has 1 saturated carbocycles. The number of ether oxygens (including phenoxy) is 1. The normalized spacial score (nSPS) is 14.7. The maximum Gasteiger partial charge on any atom is 0.336 e. The minimum absolute atomic E-state index is 0.124. The standard InChI is InChI=1S/C14H17NO5/c1-9-12(15(18)19)7-11(14(16)17)8-13(9)20-6-5-10-3-2-4-10/h7-8,10H,2-6H2,1H3,(H,16,17). The van der Waals surface area contributed by atoms with Crippen LogP contribution in [0.4, 0.5) is 5.69 Å². The van der Waals surface area contributed by atoms with Gasteiger partial charge in [0.2, 0.25) is 0 Å². The molecule has 6 nitrogen and oxygen atoms in total. The van der Waals surface area contributed by atoms with Crippen LogP contribution >= 0.6 is 0 Å². The van der Waals surface area contributed by atoms with Crippen LogP contribution in [0.5, 0.6) is 5.75 Å². The second kappa shape index (κ2) is 5.90. The molecular formula is C14H17NO5. The zero-order chi connectivity index (χ0) is 14.7. The predicted molar refractivity (Wildman–Crippen MR) is 72.2 cm³/mol. The molecular weight excluding hydrogens is 262 g/mol. The monoisotopic (exact) mass is 279 g/mol. The number of carboxylic acid groups (broad SMARTS) is 1. The third-order valence-electron chi connectivity index (χ3n) is 3.78. The molecule has 1 aromatic rings. The maximum absolute atomic E-state index is 11.0. The van der Waals surface area contributed by atoms with Gasteiger partial charge in [-0.15, -0.1) is 0 Å². The lowest BCUT2D eigenvalue weighted by Crippen LogP contribution is -2.15. The minimum Gasteiger partial charge on any atom is -0.493 e. The molecule has 0 atom stereocenters. The van der Waals surface area contributed by atoms with Crippen LogP contribution in [0.1, 0.15) is 41.6 Å². The number of rotatable bonds is 6. The van der Waals surface area contributed by atoms with Crippen LogP contribution in [0.2, 0.25) is 0 Å². The fourth-order valence-electron chi connectivity index (χ4n) is 2.25. The molecule has 1 aromatic carbocycles. The molecule has 0 bridgehead atoms. The van der Waals surface area contributed by atoms with Crippen LogP contribution in [0.25, 0.3) is 0 Å².